The van der Waals surface area contributed by atoms with Crippen molar-refractivity contribution in [2.45, 2.75) is 38.1 Å². The Bertz CT molecular complexity index is 618. The molecule has 2 rings (SSSR count). The van der Waals surface area contributed by atoms with Gasteiger partial charge in [0.05, 0.1) is 15.9 Å². The highest BCUT2D eigenvalue weighted by atomic mass is 32.1. The van der Waals surface area contributed by atoms with Gasteiger partial charge in [-0.05, 0) is 31.1 Å². The summed E-state index contributed by atoms with van der Waals surface area (Å²) in [4.78, 5) is 20.3. The molecular weight excluding hydrogens is 322 g/mol. The Morgan fingerprint density at radius 3 is 2.43 bits per heavy atom. The van der Waals surface area contributed by atoms with Gasteiger partial charge in [0.1, 0.15) is 5.69 Å². The molecule has 1 fully saturated rings. The second-order valence-corrected chi connectivity index (χ2v) is 5.68. The van der Waals surface area contributed by atoms with Gasteiger partial charge in [0.15, 0.2) is 5.11 Å². The van der Waals surface area contributed by atoms with E-state index >= 15 is 0 Å². The highest BCUT2D eigenvalue weighted by Crippen LogP contribution is 2.28. The molecule has 3 N–H and O–H groups in total. The number of nitro groups is 2. The van der Waals surface area contributed by atoms with Gasteiger partial charge in [0, 0.05) is 12.1 Å². The first-order valence-corrected chi connectivity index (χ1v) is 7.63. The van der Waals surface area contributed by atoms with Gasteiger partial charge in [-0.3, -0.25) is 31.1 Å². The molecule has 1 aliphatic carbocycles. The van der Waals surface area contributed by atoms with Crippen LogP contribution in [-0.2, 0) is 0 Å². The first-order valence-electron chi connectivity index (χ1n) is 7.22. The number of hydrazine groups is 1. The smallest absolute Gasteiger partial charge is 0.300 e. The molecule has 0 saturated heterocycles. The molecule has 0 bridgehead atoms. The predicted molar refractivity (Wildman–Crippen MR) is 89.1 cm³/mol. The molecule has 1 aromatic rings. The van der Waals surface area contributed by atoms with Crippen LogP contribution in [0, 0.1) is 20.2 Å². The van der Waals surface area contributed by atoms with E-state index in [1.165, 1.54) is 18.6 Å². The fraction of sp³-hybridized carbons (Fsp3) is 0.462. The number of non-ortho nitro benzene ring substituents is 1. The van der Waals surface area contributed by atoms with E-state index in [4.69, 9.17) is 12.2 Å². The quantitative estimate of drug-likeness (QED) is 0.425. The standard InChI is InChI=1S/C13H17N5O4S/c19-17(20)10-6-7-11(12(8-10)18(21)22)15-16-13(23)14-9-4-2-1-3-5-9/h6-9,15H,1-5H2,(H2,14,16,23). The lowest BCUT2D eigenvalue weighted by Crippen LogP contribution is -2.44. The summed E-state index contributed by atoms with van der Waals surface area (Å²) < 4.78 is 0. The minimum atomic E-state index is -0.686. The lowest BCUT2D eigenvalue weighted by atomic mass is 9.96. The van der Waals surface area contributed by atoms with Crippen LogP contribution in [0.4, 0.5) is 17.1 Å². The zero-order chi connectivity index (χ0) is 16.8. The van der Waals surface area contributed by atoms with Crippen molar-refractivity contribution in [2.75, 3.05) is 5.43 Å². The molecule has 0 atom stereocenters. The van der Waals surface area contributed by atoms with Crippen LogP contribution >= 0.6 is 12.2 Å². The molecule has 1 saturated carbocycles. The maximum absolute atomic E-state index is 11.0. The molecule has 0 radical (unpaired) electrons. The number of hydrogen-bond donors (Lipinski definition) is 3. The first kappa shape index (κ1) is 16.9. The van der Waals surface area contributed by atoms with Crippen LogP contribution in [0.2, 0.25) is 0 Å². The summed E-state index contributed by atoms with van der Waals surface area (Å²) >= 11 is 5.15. The van der Waals surface area contributed by atoms with Gasteiger partial charge in [-0.25, -0.2) is 0 Å². The molecule has 0 aliphatic heterocycles. The Hall–Kier alpha value is -2.49. The Balaban J connectivity index is 1.97. The van der Waals surface area contributed by atoms with E-state index in [1.807, 2.05) is 0 Å². The van der Waals surface area contributed by atoms with Crippen molar-refractivity contribution >= 4 is 34.4 Å². The monoisotopic (exact) mass is 339 g/mol. The van der Waals surface area contributed by atoms with Gasteiger partial charge in [-0.1, -0.05) is 19.3 Å². The average Bonchev–Trinajstić information content (AvgIpc) is 2.53. The number of nitrogens with one attached hydrogen (secondary N) is 3. The maximum Gasteiger partial charge on any atom is 0.300 e. The van der Waals surface area contributed by atoms with Gasteiger partial charge in [0.2, 0.25) is 0 Å². The lowest BCUT2D eigenvalue weighted by molar-refractivity contribution is -0.393. The lowest BCUT2D eigenvalue weighted by Gasteiger charge is -2.24. The van der Waals surface area contributed by atoms with Crippen molar-refractivity contribution in [3.63, 3.8) is 0 Å². The first-order chi connectivity index (χ1) is 11.0. The molecule has 10 heteroatoms. The average molecular weight is 339 g/mol. The Morgan fingerprint density at radius 2 is 1.83 bits per heavy atom. The SMILES string of the molecule is O=[N+]([O-])c1ccc(NNC(=S)NC2CCCCC2)c([N+](=O)[O-])c1. The second kappa shape index (κ2) is 7.68. The van der Waals surface area contributed by atoms with E-state index in [0.29, 0.717) is 11.2 Å². The highest BCUT2D eigenvalue weighted by molar-refractivity contribution is 7.80. The van der Waals surface area contributed by atoms with E-state index in [2.05, 4.69) is 16.2 Å². The van der Waals surface area contributed by atoms with Crippen LogP contribution in [-0.4, -0.2) is 21.0 Å². The van der Waals surface area contributed by atoms with E-state index in [1.54, 1.807) is 0 Å². The molecule has 23 heavy (non-hydrogen) atoms. The van der Waals surface area contributed by atoms with Crippen molar-refractivity contribution < 1.29 is 9.85 Å². The molecular formula is C13H17N5O4S. The van der Waals surface area contributed by atoms with E-state index in [-0.39, 0.29) is 11.4 Å². The van der Waals surface area contributed by atoms with E-state index in [9.17, 15) is 20.2 Å². The number of thiocarbonyl (C=S) groups is 1. The van der Waals surface area contributed by atoms with E-state index in [0.717, 1.165) is 31.7 Å². The fourth-order valence-corrected chi connectivity index (χ4v) is 2.70. The van der Waals surface area contributed by atoms with Gasteiger partial charge in [0.25, 0.3) is 5.69 Å². The topological polar surface area (TPSA) is 122 Å². The molecule has 0 amide bonds. The van der Waals surface area contributed by atoms with Gasteiger partial charge < -0.3 is 5.32 Å². The molecule has 124 valence electrons. The van der Waals surface area contributed by atoms with Crippen molar-refractivity contribution in [3.05, 3.63) is 38.4 Å². The fourth-order valence-electron chi connectivity index (χ4n) is 2.48. The molecule has 1 aromatic carbocycles. The van der Waals surface area contributed by atoms with Crippen LogP contribution in [0.25, 0.3) is 0 Å². The number of rotatable bonds is 5. The summed E-state index contributed by atoms with van der Waals surface area (Å²) in [6.45, 7) is 0. The van der Waals surface area contributed by atoms with Gasteiger partial charge in [-0.15, -0.1) is 0 Å². The van der Waals surface area contributed by atoms with E-state index < -0.39 is 15.5 Å². The second-order valence-electron chi connectivity index (χ2n) is 5.27. The maximum atomic E-state index is 11.0. The number of hydrogen-bond acceptors (Lipinski definition) is 6. The third-order valence-corrected chi connectivity index (χ3v) is 3.86. The third kappa shape index (κ3) is 4.74. The summed E-state index contributed by atoms with van der Waals surface area (Å²) in [5, 5.41) is 25.2. The molecule has 0 aromatic heterocycles. The van der Waals surface area contributed by atoms with Gasteiger partial charge in [-0.2, -0.15) is 0 Å². The Morgan fingerprint density at radius 1 is 1.13 bits per heavy atom. The van der Waals surface area contributed by atoms with Crippen LogP contribution in [0.1, 0.15) is 32.1 Å². The number of nitro benzene ring substituents is 2. The summed E-state index contributed by atoms with van der Waals surface area (Å²) in [6, 6.07) is 3.67. The number of benzene rings is 1. The molecule has 0 spiro atoms. The largest absolute Gasteiger partial charge is 0.359 e. The Labute approximate surface area is 137 Å². The Kier molecular flexibility index (Phi) is 5.63. The van der Waals surface area contributed by atoms with Gasteiger partial charge >= 0.3 is 5.69 Å². The van der Waals surface area contributed by atoms with Crippen LogP contribution in [0.15, 0.2) is 18.2 Å². The summed E-state index contributed by atoms with van der Waals surface area (Å²) in [6.07, 6.45) is 5.62. The van der Waals surface area contributed by atoms with Crippen LogP contribution in [0.5, 0.6) is 0 Å². The predicted octanol–water partition coefficient (Wildman–Crippen LogP) is 2.63. The van der Waals surface area contributed by atoms with Crippen molar-refractivity contribution in [1.82, 2.24) is 10.7 Å². The normalized spacial score (nSPS) is 14.8. The van der Waals surface area contributed by atoms with Crippen molar-refractivity contribution in [2.24, 2.45) is 0 Å². The van der Waals surface area contributed by atoms with Crippen molar-refractivity contribution in [1.29, 1.82) is 0 Å². The van der Waals surface area contributed by atoms with Crippen LogP contribution in [0.3, 0.4) is 0 Å². The summed E-state index contributed by atoms with van der Waals surface area (Å²) in [5.74, 6) is 0. The summed E-state index contributed by atoms with van der Waals surface area (Å²) in [7, 11) is 0. The molecule has 0 unspecified atom stereocenters. The third-order valence-electron chi connectivity index (χ3n) is 3.64. The molecule has 0 heterocycles. The van der Waals surface area contributed by atoms with Crippen LogP contribution < -0.4 is 16.2 Å². The minimum absolute atomic E-state index is 0.105. The number of nitrogens with zero attached hydrogens (tertiary/aromatic N) is 2. The zero-order valence-electron chi connectivity index (χ0n) is 12.3. The number of anilines is 1. The highest BCUT2D eigenvalue weighted by Gasteiger charge is 2.20. The van der Waals surface area contributed by atoms with Crippen molar-refractivity contribution in [3.8, 4) is 0 Å². The molecule has 1 aliphatic rings. The zero-order valence-corrected chi connectivity index (χ0v) is 13.1. The summed E-state index contributed by atoms with van der Waals surface area (Å²) in [5.41, 5.74) is 4.68. The minimum Gasteiger partial charge on any atom is -0.359 e. The molecule has 9 nitrogen and oxygen atoms in total.